The molecule has 0 aromatic rings. The SMILES string of the molecule is CN(C(=O)C1CCCN(CCC#N)C1)C1CCCCC1. The highest BCUT2D eigenvalue weighted by atomic mass is 16.2. The smallest absolute Gasteiger partial charge is 0.226 e. The fourth-order valence-electron chi connectivity index (χ4n) is 3.60. The van der Waals surface area contributed by atoms with Crippen molar-refractivity contribution in [1.82, 2.24) is 9.80 Å². The molecule has 112 valence electrons. The van der Waals surface area contributed by atoms with Crippen molar-refractivity contribution in [3.8, 4) is 6.07 Å². The van der Waals surface area contributed by atoms with E-state index in [4.69, 9.17) is 5.26 Å². The molecule has 1 aliphatic carbocycles. The molecule has 0 radical (unpaired) electrons. The summed E-state index contributed by atoms with van der Waals surface area (Å²) in [5.41, 5.74) is 0. The molecule has 1 amide bonds. The van der Waals surface area contributed by atoms with E-state index in [2.05, 4.69) is 11.0 Å². The Kier molecular flexibility index (Phi) is 5.85. The average molecular weight is 277 g/mol. The zero-order chi connectivity index (χ0) is 14.4. The van der Waals surface area contributed by atoms with Gasteiger partial charge in [0.1, 0.15) is 0 Å². The van der Waals surface area contributed by atoms with Crippen LogP contribution in [0.5, 0.6) is 0 Å². The number of hydrogen-bond donors (Lipinski definition) is 0. The predicted molar refractivity (Wildman–Crippen MR) is 79.0 cm³/mol. The molecular formula is C16H27N3O. The van der Waals surface area contributed by atoms with Crippen LogP contribution in [-0.2, 0) is 4.79 Å². The normalized spacial score (nSPS) is 25.1. The maximum Gasteiger partial charge on any atom is 0.226 e. The summed E-state index contributed by atoms with van der Waals surface area (Å²) >= 11 is 0. The van der Waals surface area contributed by atoms with E-state index in [9.17, 15) is 4.79 Å². The third kappa shape index (κ3) is 3.96. The molecule has 20 heavy (non-hydrogen) atoms. The van der Waals surface area contributed by atoms with Crippen molar-refractivity contribution in [2.75, 3.05) is 26.7 Å². The maximum absolute atomic E-state index is 12.7. The van der Waals surface area contributed by atoms with E-state index >= 15 is 0 Å². The van der Waals surface area contributed by atoms with Crippen LogP contribution in [0.4, 0.5) is 0 Å². The molecule has 4 heteroatoms. The summed E-state index contributed by atoms with van der Waals surface area (Å²) in [6.07, 6.45) is 8.87. The van der Waals surface area contributed by atoms with E-state index in [1.165, 1.54) is 32.1 Å². The number of amides is 1. The summed E-state index contributed by atoms with van der Waals surface area (Å²) < 4.78 is 0. The van der Waals surface area contributed by atoms with Gasteiger partial charge in [0.05, 0.1) is 12.0 Å². The topological polar surface area (TPSA) is 47.3 Å². The van der Waals surface area contributed by atoms with Gasteiger partial charge in [0, 0.05) is 32.6 Å². The molecule has 1 heterocycles. The van der Waals surface area contributed by atoms with Crippen molar-refractivity contribution in [2.24, 2.45) is 5.92 Å². The van der Waals surface area contributed by atoms with E-state index in [1.807, 2.05) is 11.9 Å². The maximum atomic E-state index is 12.7. The molecule has 2 fully saturated rings. The first-order valence-corrected chi connectivity index (χ1v) is 8.08. The number of carbonyl (C=O) groups is 1. The van der Waals surface area contributed by atoms with Gasteiger partial charge >= 0.3 is 0 Å². The second-order valence-corrected chi connectivity index (χ2v) is 6.29. The summed E-state index contributed by atoms with van der Waals surface area (Å²) in [6.45, 7) is 2.70. The number of likely N-dealkylation sites (tertiary alicyclic amines) is 1. The van der Waals surface area contributed by atoms with Gasteiger partial charge in [-0.3, -0.25) is 4.79 Å². The van der Waals surface area contributed by atoms with Crippen LogP contribution in [0.1, 0.15) is 51.4 Å². The number of carbonyl (C=O) groups excluding carboxylic acids is 1. The summed E-state index contributed by atoms with van der Waals surface area (Å²) in [5.74, 6) is 0.480. The minimum Gasteiger partial charge on any atom is -0.342 e. The van der Waals surface area contributed by atoms with Crippen LogP contribution < -0.4 is 0 Å². The molecule has 1 atom stereocenters. The first-order valence-electron chi connectivity index (χ1n) is 8.08. The van der Waals surface area contributed by atoms with Gasteiger partial charge in [0.2, 0.25) is 5.91 Å². The van der Waals surface area contributed by atoms with Crippen molar-refractivity contribution in [3.05, 3.63) is 0 Å². The number of nitrogens with zero attached hydrogens (tertiary/aromatic N) is 3. The summed E-state index contributed by atoms with van der Waals surface area (Å²) in [4.78, 5) is 17.0. The van der Waals surface area contributed by atoms with Crippen LogP contribution in [0.2, 0.25) is 0 Å². The third-order valence-electron chi connectivity index (χ3n) is 4.86. The Morgan fingerprint density at radius 1 is 1.25 bits per heavy atom. The van der Waals surface area contributed by atoms with Crippen LogP contribution in [0.3, 0.4) is 0 Å². The molecule has 1 aliphatic heterocycles. The fourth-order valence-corrected chi connectivity index (χ4v) is 3.60. The van der Waals surface area contributed by atoms with Crippen LogP contribution >= 0.6 is 0 Å². The molecule has 0 bridgehead atoms. The lowest BCUT2D eigenvalue weighted by atomic mass is 9.91. The third-order valence-corrected chi connectivity index (χ3v) is 4.86. The Morgan fingerprint density at radius 3 is 2.70 bits per heavy atom. The lowest BCUT2D eigenvalue weighted by Crippen LogP contribution is -2.47. The van der Waals surface area contributed by atoms with Crippen LogP contribution in [0, 0.1) is 17.2 Å². The van der Waals surface area contributed by atoms with Gasteiger partial charge in [0.25, 0.3) is 0 Å². The lowest BCUT2D eigenvalue weighted by molar-refractivity contribution is -0.138. The van der Waals surface area contributed by atoms with E-state index in [1.54, 1.807) is 0 Å². The largest absolute Gasteiger partial charge is 0.342 e. The Morgan fingerprint density at radius 2 is 2.00 bits per heavy atom. The molecule has 1 unspecified atom stereocenters. The van der Waals surface area contributed by atoms with Gasteiger partial charge in [-0.15, -0.1) is 0 Å². The van der Waals surface area contributed by atoms with Gasteiger partial charge in [-0.2, -0.15) is 5.26 Å². The highest BCUT2D eigenvalue weighted by Gasteiger charge is 2.30. The van der Waals surface area contributed by atoms with Gasteiger partial charge in [-0.1, -0.05) is 19.3 Å². The Bertz CT molecular complexity index is 357. The highest BCUT2D eigenvalue weighted by Crippen LogP contribution is 2.25. The van der Waals surface area contributed by atoms with Gasteiger partial charge in [-0.05, 0) is 32.2 Å². The number of hydrogen-bond acceptors (Lipinski definition) is 3. The second-order valence-electron chi connectivity index (χ2n) is 6.29. The minimum absolute atomic E-state index is 0.148. The molecule has 0 N–H and O–H groups in total. The van der Waals surface area contributed by atoms with Crippen LogP contribution in [-0.4, -0.2) is 48.4 Å². The van der Waals surface area contributed by atoms with Gasteiger partial charge < -0.3 is 9.80 Å². The molecule has 1 saturated carbocycles. The zero-order valence-electron chi connectivity index (χ0n) is 12.7. The summed E-state index contributed by atoms with van der Waals surface area (Å²) in [7, 11) is 1.99. The van der Waals surface area contributed by atoms with Gasteiger partial charge in [-0.25, -0.2) is 0 Å². The van der Waals surface area contributed by atoms with Crippen LogP contribution in [0.25, 0.3) is 0 Å². The standard InChI is InChI=1S/C16H27N3O/c1-18(15-8-3-2-4-9-15)16(20)14-7-5-11-19(13-14)12-6-10-17/h14-15H,2-9,11-13H2,1H3. The number of rotatable bonds is 4. The van der Waals surface area contributed by atoms with E-state index < -0.39 is 0 Å². The minimum atomic E-state index is 0.148. The summed E-state index contributed by atoms with van der Waals surface area (Å²) in [5, 5.41) is 8.68. The quantitative estimate of drug-likeness (QED) is 0.793. The van der Waals surface area contributed by atoms with Gasteiger partial charge in [0.15, 0.2) is 0 Å². The Hall–Kier alpha value is -1.08. The fraction of sp³-hybridized carbons (Fsp3) is 0.875. The van der Waals surface area contributed by atoms with Crippen molar-refractivity contribution < 1.29 is 4.79 Å². The average Bonchev–Trinajstić information content (AvgIpc) is 2.52. The Labute approximate surface area is 122 Å². The van der Waals surface area contributed by atoms with Crippen molar-refractivity contribution in [1.29, 1.82) is 5.26 Å². The molecule has 0 aromatic heterocycles. The first-order chi connectivity index (χ1) is 9.72. The molecule has 0 spiro atoms. The number of nitriles is 1. The van der Waals surface area contributed by atoms with Crippen molar-refractivity contribution in [3.63, 3.8) is 0 Å². The van der Waals surface area contributed by atoms with Crippen LogP contribution in [0.15, 0.2) is 0 Å². The zero-order valence-corrected chi connectivity index (χ0v) is 12.7. The Balaban J connectivity index is 1.85. The molecular weight excluding hydrogens is 250 g/mol. The molecule has 2 aliphatic rings. The summed E-state index contributed by atoms with van der Waals surface area (Å²) in [6, 6.07) is 2.66. The molecule has 4 nitrogen and oxygen atoms in total. The van der Waals surface area contributed by atoms with Crippen molar-refractivity contribution >= 4 is 5.91 Å². The highest BCUT2D eigenvalue weighted by molar-refractivity contribution is 5.79. The molecule has 2 rings (SSSR count). The van der Waals surface area contributed by atoms with E-state index in [0.717, 1.165) is 32.5 Å². The van der Waals surface area contributed by atoms with E-state index in [-0.39, 0.29) is 5.92 Å². The predicted octanol–water partition coefficient (Wildman–Crippen LogP) is 2.40. The molecule has 1 saturated heterocycles. The first kappa shape index (κ1) is 15.3. The lowest BCUT2D eigenvalue weighted by Gasteiger charge is -2.37. The monoisotopic (exact) mass is 277 g/mol. The number of piperidine rings is 1. The molecule has 0 aromatic carbocycles. The van der Waals surface area contributed by atoms with Crippen molar-refractivity contribution in [2.45, 2.75) is 57.4 Å². The second kappa shape index (κ2) is 7.64. The van der Waals surface area contributed by atoms with E-state index in [0.29, 0.717) is 18.4 Å².